The van der Waals surface area contributed by atoms with Crippen LogP contribution in [-0.2, 0) is 13.2 Å². The summed E-state index contributed by atoms with van der Waals surface area (Å²) >= 11 is 3.42. The van der Waals surface area contributed by atoms with Gasteiger partial charge in [-0.1, -0.05) is 40.2 Å². The van der Waals surface area contributed by atoms with Crippen LogP contribution in [-0.4, -0.2) is 5.54 Å². The van der Waals surface area contributed by atoms with Crippen LogP contribution in [0, 0.1) is 0 Å². The molecule has 21 heavy (non-hydrogen) atoms. The third-order valence-electron chi connectivity index (χ3n) is 3.06. The summed E-state index contributed by atoms with van der Waals surface area (Å²) < 4.78 is 6.83. The lowest BCUT2D eigenvalue weighted by Crippen LogP contribution is -2.35. The molecule has 1 N–H and O–H groups in total. The summed E-state index contributed by atoms with van der Waals surface area (Å²) in [5.41, 5.74) is 2.61. The Morgan fingerprint density at radius 3 is 2.05 bits per heavy atom. The average molecular weight is 348 g/mol. The molecule has 0 fully saturated rings. The Balaban J connectivity index is 1.86. The van der Waals surface area contributed by atoms with Crippen molar-refractivity contribution in [2.75, 3.05) is 0 Å². The monoisotopic (exact) mass is 347 g/mol. The van der Waals surface area contributed by atoms with Crippen molar-refractivity contribution in [1.29, 1.82) is 0 Å². The van der Waals surface area contributed by atoms with Gasteiger partial charge in [-0.25, -0.2) is 0 Å². The van der Waals surface area contributed by atoms with Crippen LogP contribution < -0.4 is 10.1 Å². The van der Waals surface area contributed by atoms with Gasteiger partial charge in [-0.05, 0) is 56.2 Å². The summed E-state index contributed by atoms with van der Waals surface area (Å²) in [5.74, 6) is 0.886. The summed E-state index contributed by atoms with van der Waals surface area (Å²) in [6, 6.07) is 16.4. The van der Waals surface area contributed by atoms with E-state index in [4.69, 9.17) is 4.74 Å². The van der Waals surface area contributed by atoms with Gasteiger partial charge in [-0.15, -0.1) is 0 Å². The molecule has 2 aromatic rings. The highest BCUT2D eigenvalue weighted by molar-refractivity contribution is 9.10. The summed E-state index contributed by atoms with van der Waals surface area (Å²) in [6.07, 6.45) is 0. The molecule has 3 heteroatoms. The van der Waals surface area contributed by atoms with Gasteiger partial charge in [0, 0.05) is 16.6 Å². The molecule has 112 valence electrons. The third-order valence-corrected chi connectivity index (χ3v) is 3.59. The smallest absolute Gasteiger partial charge is 0.119 e. The lowest BCUT2D eigenvalue weighted by molar-refractivity contribution is 0.306. The predicted molar refractivity (Wildman–Crippen MR) is 91.5 cm³/mol. The highest BCUT2D eigenvalue weighted by Gasteiger charge is 2.08. The van der Waals surface area contributed by atoms with E-state index in [0.29, 0.717) is 6.61 Å². The number of ether oxygens (including phenoxy) is 1. The van der Waals surface area contributed by atoms with Crippen LogP contribution >= 0.6 is 15.9 Å². The van der Waals surface area contributed by atoms with E-state index >= 15 is 0 Å². The molecular formula is C18H22BrNO. The Morgan fingerprint density at radius 1 is 0.905 bits per heavy atom. The average Bonchev–Trinajstić information content (AvgIpc) is 2.45. The molecule has 0 amide bonds. The standard InChI is InChI=1S/C18H22BrNO/c1-18(2,3)20-12-14-4-6-15(7-5-14)13-21-17-10-8-16(19)9-11-17/h4-11,20H,12-13H2,1-3H3. The fraction of sp³-hybridized carbons (Fsp3) is 0.333. The van der Waals surface area contributed by atoms with Crippen LogP contribution in [0.5, 0.6) is 5.75 Å². The van der Waals surface area contributed by atoms with Crippen molar-refractivity contribution in [1.82, 2.24) is 5.32 Å². The number of nitrogens with one attached hydrogen (secondary N) is 1. The molecule has 0 aliphatic heterocycles. The van der Waals surface area contributed by atoms with Gasteiger partial charge in [-0.2, -0.15) is 0 Å². The van der Waals surface area contributed by atoms with E-state index in [1.165, 1.54) is 11.1 Å². The maximum atomic E-state index is 5.76. The van der Waals surface area contributed by atoms with Crippen LogP contribution in [0.2, 0.25) is 0 Å². The van der Waals surface area contributed by atoms with Crippen LogP contribution in [0.4, 0.5) is 0 Å². The van der Waals surface area contributed by atoms with E-state index in [1.807, 2.05) is 24.3 Å². The van der Waals surface area contributed by atoms with Crippen molar-refractivity contribution in [3.63, 3.8) is 0 Å². The van der Waals surface area contributed by atoms with Crippen LogP contribution in [0.3, 0.4) is 0 Å². The first-order valence-corrected chi connectivity index (χ1v) is 7.93. The van der Waals surface area contributed by atoms with Gasteiger partial charge in [0.15, 0.2) is 0 Å². The normalized spacial score (nSPS) is 11.4. The van der Waals surface area contributed by atoms with Gasteiger partial charge in [-0.3, -0.25) is 0 Å². The quantitative estimate of drug-likeness (QED) is 0.828. The Morgan fingerprint density at radius 2 is 1.48 bits per heavy atom. The lowest BCUT2D eigenvalue weighted by atomic mass is 10.1. The summed E-state index contributed by atoms with van der Waals surface area (Å²) in [5, 5.41) is 3.49. The van der Waals surface area contributed by atoms with Gasteiger partial charge in [0.1, 0.15) is 12.4 Å². The van der Waals surface area contributed by atoms with Crippen molar-refractivity contribution < 1.29 is 4.74 Å². The van der Waals surface area contributed by atoms with Gasteiger partial charge < -0.3 is 10.1 Å². The lowest BCUT2D eigenvalue weighted by Gasteiger charge is -2.20. The Bertz CT molecular complexity index is 555. The van der Waals surface area contributed by atoms with E-state index in [9.17, 15) is 0 Å². The molecule has 0 unspecified atom stereocenters. The molecule has 2 aromatic carbocycles. The van der Waals surface area contributed by atoms with E-state index in [-0.39, 0.29) is 5.54 Å². The highest BCUT2D eigenvalue weighted by atomic mass is 79.9. The predicted octanol–water partition coefficient (Wildman–Crippen LogP) is 4.92. The van der Waals surface area contributed by atoms with E-state index in [1.54, 1.807) is 0 Å². The van der Waals surface area contributed by atoms with Gasteiger partial charge in [0.05, 0.1) is 0 Å². The second-order valence-electron chi connectivity index (χ2n) is 6.16. The number of halogens is 1. The van der Waals surface area contributed by atoms with Gasteiger partial charge >= 0.3 is 0 Å². The first-order chi connectivity index (χ1) is 9.92. The zero-order chi connectivity index (χ0) is 15.3. The fourth-order valence-corrected chi connectivity index (χ4v) is 2.08. The molecule has 0 radical (unpaired) electrons. The third kappa shape index (κ3) is 5.90. The largest absolute Gasteiger partial charge is 0.489 e. The Labute approximate surface area is 135 Å². The second-order valence-corrected chi connectivity index (χ2v) is 7.08. The van der Waals surface area contributed by atoms with Gasteiger partial charge in [0.2, 0.25) is 0 Å². The summed E-state index contributed by atoms with van der Waals surface area (Å²) in [6.45, 7) is 8.00. The van der Waals surface area contributed by atoms with Crippen molar-refractivity contribution in [2.45, 2.75) is 39.5 Å². The molecular weight excluding hydrogens is 326 g/mol. The van der Waals surface area contributed by atoms with Crippen LogP contribution in [0.1, 0.15) is 31.9 Å². The summed E-state index contributed by atoms with van der Waals surface area (Å²) in [7, 11) is 0. The van der Waals surface area contributed by atoms with Crippen LogP contribution in [0.25, 0.3) is 0 Å². The van der Waals surface area contributed by atoms with Crippen molar-refractivity contribution >= 4 is 15.9 Å². The second kappa shape index (κ2) is 7.10. The molecule has 0 aliphatic carbocycles. The molecule has 2 nitrogen and oxygen atoms in total. The van der Waals surface area contributed by atoms with E-state index < -0.39 is 0 Å². The number of hydrogen-bond acceptors (Lipinski definition) is 2. The molecule has 0 aromatic heterocycles. The maximum absolute atomic E-state index is 5.76. The van der Waals surface area contributed by atoms with Crippen molar-refractivity contribution in [3.8, 4) is 5.75 Å². The first-order valence-electron chi connectivity index (χ1n) is 7.14. The number of benzene rings is 2. The summed E-state index contributed by atoms with van der Waals surface area (Å²) in [4.78, 5) is 0. The van der Waals surface area contributed by atoms with E-state index in [2.05, 4.69) is 66.3 Å². The SMILES string of the molecule is CC(C)(C)NCc1ccc(COc2ccc(Br)cc2)cc1. The number of hydrogen-bond donors (Lipinski definition) is 1. The molecule has 2 rings (SSSR count). The van der Waals surface area contributed by atoms with Crippen molar-refractivity contribution in [3.05, 3.63) is 64.1 Å². The van der Waals surface area contributed by atoms with Crippen molar-refractivity contribution in [2.24, 2.45) is 0 Å². The maximum Gasteiger partial charge on any atom is 0.119 e. The first kappa shape index (κ1) is 16.1. The minimum Gasteiger partial charge on any atom is -0.489 e. The van der Waals surface area contributed by atoms with Crippen LogP contribution in [0.15, 0.2) is 53.0 Å². The molecule has 0 saturated carbocycles. The molecule has 0 heterocycles. The Hall–Kier alpha value is -1.32. The minimum atomic E-state index is 0.142. The number of rotatable bonds is 5. The minimum absolute atomic E-state index is 0.142. The molecule has 0 aliphatic rings. The molecule has 0 spiro atoms. The molecule has 0 atom stereocenters. The topological polar surface area (TPSA) is 21.3 Å². The fourth-order valence-electron chi connectivity index (χ4n) is 1.82. The highest BCUT2D eigenvalue weighted by Crippen LogP contribution is 2.17. The molecule has 0 bridgehead atoms. The Kier molecular flexibility index (Phi) is 5.43. The zero-order valence-corrected chi connectivity index (χ0v) is 14.4. The molecule has 0 saturated heterocycles. The van der Waals surface area contributed by atoms with E-state index in [0.717, 1.165) is 16.8 Å². The van der Waals surface area contributed by atoms with Gasteiger partial charge in [0.25, 0.3) is 0 Å². The zero-order valence-electron chi connectivity index (χ0n) is 12.8.